The fourth-order valence-electron chi connectivity index (χ4n) is 1.88. The number of ether oxygens (including phenoxy) is 2. The van der Waals surface area contributed by atoms with Crippen molar-refractivity contribution in [2.75, 3.05) is 13.2 Å². The largest absolute Gasteiger partial charge is 0.481 e. The summed E-state index contributed by atoms with van der Waals surface area (Å²) in [6, 6.07) is 14.0. The molecule has 1 amide bonds. The highest BCUT2D eigenvalue weighted by Crippen LogP contribution is 2.16. The average Bonchev–Trinajstić information content (AvgIpc) is 2.61. The lowest BCUT2D eigenvalue weighted by Crippen LogP contribution is -2.18. The number of para-hydroxylation sites is 1. The number of rotatable bonds is 7. The lowest BCUT2D eigenvalue weighted by molar-refractivity contribution is -0.145. The molecule has 1 N–H and O–H groups in total. The van der Waals surface area contributed by atoms with E-state index in [2.05, 4.69) is 26.5 Å². The number of esters is 1. The third-order valence-corrected chi connectivity index (χ3v) is 3.57. The van der Waals surface area contributed by atoms with E-state index in [0.29, 0.717) is 23.5 Å². The Morgan fingerprint density at radius 1 is 1.16 bits per heavy atom. The van der Waals surface area contributed by atoms with E-state index in [1.54, 1.807) is 55.5 Å². The Bertz CT molecular complexity index is 760. The van der Waals surface area contributed by atoms with Crippen molar-refractivity contribution in [1.82, 2.24) is 5.43 Å². The van der Waals surface area contributed by atoms with Crippen LogP contribution in [-0.2, 0) is 9.53 Å². The summed E-state index contributed by atoms with van der Waals surface area (Å²) in [5, 5.41) is 3.93. The van der Waals surface area contributed by atoms with Crippen molar-refractivity contribution in [3.63, 3.8) is 0 Å². The predicted octanol–water partition coefficient (Wildman–Crippen LogP) is 3.15. The van der Waals surface area contributed by atoms with Gasteiger partial charge in [-0.15, -0.1) is 0 Å². The van der Waals surface area contributed by atoms with Crippen LogP contribution in [0.1, 0.15) is 22.8 Å². The minimum absolute atomic E-state index is 0.191. The van der Waals surface area contributed by atoms with Crippen molar-refractivity contribution in [1.29, 1.82) is 0 Å². The number of amides is 1. The van der Waals surface area contributed by atoms with Crippen molar-refractivity contribution in [2.24, 2.45) is 5.10 Å². The maximum Gasteiger partial charge on any atom is 0.344 e. The Labute approximate surface area is 154 Å². The highest BCUT2D eigenvalue weighted by atomic mass is 79.9. The van der Waals surface area contributed by atoms with Crippen molar-refractivity contribution in [2.45, 2.75) is 6.92 Å². The zero-order chi connectivity index (χ0) is 18.1. The summed E-state index contributed by atoms with van der Waals surface area (Å²) < 4.78 is 11.1. The monoisotopic (exact) mass is 404 g/mol. The van der Waals surface area contributed by atoms with Gasteiger partial charge in [0.2, 0.25) is 0 Å². The van der Waals surface area contributed by atoms with Crippen LogP contribution in [0.5, 0.6) is 5.75 Å². The van der Waals surface area contributed by atoms with Crippen LogP contribution in [0.15, 0.2) is 58.1 Å². The van der Waals surface area contributed by atoms with Crippen LogP contribution in [0.2, 0.25) is 0 Å². The third-order valence-electron chi connectivity index (χ3n) is 3.05. The molecule has 0 aliphatic carbocycles. The molecule has 0 spiro atoms. The first-order valence-corrected chi connectivity index (χ1v) is 8.36. The van der Waals surface area contributed by atoms with Crippen LogP contribution >= 0.6 is 15.9 Å². The minimum Gasteiger partial charge on any atom is -0.481 e. The molecule has 130 valence electrons. The summed E-state index contributed by atoms with van der Waals surface area (Å²) in [7, 11) is 0. The van der Waals surface area contributed by atoms with Crippen molar-refractivity contribution < 1.29 is 19.1 Å². The molecule has 0 radical (unpaired) electrons. The normalized spacial score (nSPS) is 10.5. The maximum absolute atomic E-state index is 12.0. The molecule has 7 heteroatoms. The Hall–Kier alpha value is -2.67. The van der Waals surface area contributed by atoms with Crippen LogP contribution in [0, 0.1) is 0 Å². The van der Waals surface area contributed by atoms with Crippen LogP contribution in [0.3, 0.4) is 0 Å². The van der Waals surface area contributed by atoms with E-state index in [9.17, 15) is 9.59 Å². The number of halogens is 1. The molecule has 0 aromatic heterocycles. The SMILES string of the molecule is CCOC(=O)COc1ccccc1/C=N\NC(=O)c1ccc(Br)cc1. The lowest BCUT2D eigenvalue weighted by Gasteiger charge is -2.08. The molecule has 0 heterocycles. The van der Waals surface area contributed by atoms with Crippen LogP contribution in [0.4, 0.5) is 0 Å². The number of hydrogen-bond acceptors (Lipinski definition) is 5. The predicted molar refractivity (Wildman–Crippen MR) is 97.8 cm³/mol. The first-order chi connectivity index (χ1) is 12.1. The van der Waals surface area contributed by atoms with E-state index in [1.165, 1.54) is 6.21 Å². The molecule has 25 heavy (non-hydrogen) atoms. The van der Waals surface area contributed by atoms with Gasteiger partial charge in [-0.05, 0) is 43.3 Å². The molecular weight excluding hydrogens is 388 g/mol. The first kappa shape index (κ1) is 18.7. The Morgan fingerprint density at radius 3 is 2.60 bits per heavy atom. The molecule has 0 aliphatic rings. The summed E-state index contributed by atoms with van der Waals surface area (Å²) in [5.41, 5.74) is 3.57. The molecule has 0 unspecified atom stereocenters. The highest BCUT2D eigenvalue weighted by molar-refractivity contribution is 9.10. The molecule has 0 saturated heterocycles. The molecule has 2 aromatic carbocycles. The van der Waals surface area contributed by atoms with Crippen LogP contribution in [0.25, 0.3) is 0 Å². The average molecular weight is 405 g/mol. The van der Waals surface area contributed by atoms with Gasteiger partial charge < -0.3 is 9.47 Å². The van der Waals surface area contributed by atoms with Gasteiger partial charge in [0.25, 0.3) is 5.91 Å². The third kappa shape index (κ3) is 6.04. The van der Waals surface area contributed by atoms with Crippen molar-refractivity contribution >= 4 is 34.0 Å². The number of nitrogens with one attached hydrogen (secondary N) is 1. The van der Waals surface area contributed by atoms with Gasteiger partial charge in [-0.1, -0.05) is 28.1 Å². The van der Waals surface area contributed by atoms with Crippen molar-refractivity contribution in [3.8, 4) is 5.75 Å². The second-order valence-corrected chi connectivity index (χ2v) is 5.75. The first-order valence-electron chi connectivity index (χ1n) is 7.56. The molecule has 0 fully saturated rings. The quantitative estimate of drug-likeness (QED) is 0.436. The highest BCUT2D eigenvalue weighted by Gasteiger charge is 2.07. The molecule has 0 bridgehead atoms. The van der Waals surface area contributed by atoms with E-state index in [4.69, 9.17) is 9.47 Å². The van der Waals surface area contributed by atoms with Gasteiger partial charge in [-0.2, -0.15) is 5.10 Å². The fraction of sp³-hybridized carbons (Fsp3) is 0.167. The number of carbonyl (C=O) groups excluding carboxylic acids is 2. The maximum atomic E-state index is 12.0. The standard InChI is InChI=1S/C18H17BrN2O4/c1-2-24-17(22)12-25-16-6-4-3-5-14(16)11-20-21-18(23)13-7-9-15(19)10-8-13/h3-11H,2,12H2,1H3,(H,21,23)/b20-11-. The van der Waals surface area contributed by atoms with E-state index < -0.39 is 5.97 Å². The number of benzene rings is 2. The van der Waals surface area contributed by atoms with Gasteiger partial charge in [0.05, 0.1) is 12.8 Å². The van der Waals surface area contributed by atoms with Gasteiger partial charge >= 0.3 is 5.97 Å². The zero-order valence-corrected chi connectivity index (χ0v) is 15.2. The number of nitrogens with zero attached hydrogens (tertiary/aromatic N) is 1. The lowest BCUT2D eigenvalue weighted by atomic mass is 10.2. The second kappa shape index (κ2) is 9.58. The summed E-state index contributed by atoms with van der Waals surface area (Å²) in [4.78, 5) is 23.4. The van der Waals surface area contributed by atoms with Gasteiger partial charge in [-0.3, -0.25) is 4.79 Å². The topological polar surface area (TPSA) is 77.0 Å². The summed E-state index contributed by atoms with van der Waals surface area (Å²) in [6.07, 6.45) is 1.46. The molecule has 0 aliphatic heterocycles. The van der Waals surface area contributed by atoms with E-state index in [1.807, 2.05) is 0 Å². The molecule has 0 saturated carbocycles. The van der Waals surface area contributed by atoms with Crippen molar-refractivity contribution in [3.05, 3.63) is 64.1 Å². The smallest absolute Gasteiger partial charge is 0.344 e. The number of hydrazone groups is 1. The molecule has 2 aromatic rings. The van der Waals surface area contributed by atoms with Gasteiger partial charge in [0.15, 0.2) is 6.61 Å². The van der Waals surface area contributed by atoms with Gasteiger partial charge in [0, 0.05) is 15.6 Å². The van der Waals surface area contributed by atoms with E-state index in [0.717, 1.165) is 4.47 Å². The van der Waals surface area contributed by atoms with Crippen LogP contribution < -0.4 is 10.2 Å². The number of hydrogen-bond donors (Lipinski definition) is 1. The van der Waals surface area contributed by atoms with Gasteiger partial charge in [0.1, 0.15) is 5.75 Å². The van der Waals surface area contributed by atoms with Crippen LogP contribution in [-0.4, -0.2) is 31.3 Å². The molecule has 2 rings (SSSR count). The fourth-order valence-corrected chi connectivity index (χ4v) is 2.15. The zero-order valence-electron chi connectivity index (χ0n) is 13.6. The minimum atomic E-state index is -0.446. The van der Waals surface area contributed by atoms with E-state index in [-0.39, 0.29) is 12.5 Å². The van der Waals surface area contributed by atoms with E-state index >= 15 is 0 Å². The molecule has 0 atom stereocenters. The molecular formula is C18H17BrN2O4. The second-order valence-electron chi connectivity index (χ2n) is 4.84. The number of carbonyl (C=O) groups is 2. The van der Waals surface area contributed by atoms with Gasteiger partial charge in [-0.25, -0.2) is 10.2 Å². The summed E-state index contributed by atoms with van der Waals surface area (Å²) in [5.74, 6) is -0.302. The summed E-state index contributed by atoms with van der Waals surface area (Å²) >= 11 is 3.31. The summed E-state index contributed by atoms with van der Waals surface area (Å²) in [6.45, 7) is 1.84. The molecule has 6 nitrogen and oxygen atoms in total. The Balaban J connectivity index is 1.97. The Morgan fingerprint density at radius 2 is 1.88 bits per heavy atom. The Kier molecular flexibility index (Phi) is 7.16.